The van der Waals surface area contributed by atoms with Crippen molar-refractivity contribution in [3.8, 4) is 41.1 Å². The molecule has 6 rings (SSSR count). The van der Waals surface area contributed by atoms with Crippen molar-refractivity contribution in [2.75, 3.05) is 25.1 Å². The number of carbonyl (C=O) groups is 2. The van der Waals surface area contributed by atoms with E-state index < -0.39 is 17.7 Å². The first-order valence-corrected chi connectivity index (χ1v) is 16.4. The number of fused-ring (bicyclic) bond motifs is 2. The Balaban J connectivity index is 1.24. The Morgan fingerprint density at radius 2 is 1.90 bits per heavy atom. The van der Waals surface area contributed by atoms with E-state index in [1.54, 1.807) is 24.3 Å². The van der Waals surface area contributed by atoms with E-state index in [-0.39, 0.29) is 69.4 Å². The number of pyridine rings is 1. The van der Waals surface area contributed by atoms with E-state index in [0.717, 1.165) is 0 Å². The number of ether oxygens (including phenoxy) is 3. The molecule has 0 spiro atoms. The normalized spacial score (nSPS) is 15.7. The van der Waals surface area contributed by atoms with E-state index in [4.69, 9.17) is 20.6 Å². The van der Waals surface area contributed by atoms with E-state index in [0.29, 0.717) is 54.9 Å². The van der Waals surface area contributed by atoms with Crippen LogP contribution < -0.4 is 19.7 Å². The Kier molecular flexibility index (Phi) is 10.1. The smallest absolute Gasteiger partial charge is 0.407 e. The van der Waals surface area contributed by atoms with Crippen LogP contribution in [-0.4, -0.2) is 58.4 Å². The van der Waals surface area contributed by atoms with Gasteiger partial charge < -0.3 is 29.5 Å². The third kappa shape index (κ3) is 7.45. The lowest BCUT2D eigenvalue weighted by atomic mass is 9.95. The maximum atomic E-state index is 16.5. The van der Waals surface area contributed by atoms with E-state index >= 15 is 4.39 Å². The molecule has 13 heteroatoms. The lowest BCUT2D eigenvalue weighted by Gasteiger charge is -2.37. The van der Waals surface area contributed by atoms with Gasteiger partial charge >= 0.3 is 18.1 Å². The Labute approximate surface area is 292 Å². The molecule has 2 unspecified atom stereocenters. The Morgan fingerprint density at radius 1 is 1.12 bits per heavy atom. The molecule has 262 valence electrons. The second-order valence-electron chi connectivity index (χ2n) is 12.4. The number of anilines is 1. The molecule has 0 bridgehead atoms. The summed E-state index contributed by atoms with van der Waals surface area (Å²) in [6.07, 6.45) is 8.11. The van der Waals surface area contributed by atoms with Gasteiger partial charge in [0.15, 0.2) is 5.82 Å². The molecule has 2 atom stereocenters. The molecule has 11 nitrogen and oxygen atoms in total. The number of amides is 1. The summed E-state index contributed by atoms with van der Waals surface area (Å²) in [5.41, 5.74) is 0.416. The molecule has 1 fully saturated rings. The zero-order chi connectivity index (χ0) is 36.2. The molecule has 2 N–H and O–H groups in total. The molecule has 2 aromatic heterocycles. The summed E-state index contributed by atoms with van der Waals surface area (Å²) in [5.74, 6) is 1.18. The monoisotopic (exact) mass is 695 g/mol. The number of hydrogen-bond donors (Lipinski definition) is 2. The number of halogens is 2. The van der Waals surface area contributed by atoms with Crippen molar-refractivity contribution in [2.45, 2.75) is 45.8 Å². The molecule has 0 radical (unpaired) electrons. The van der Waals surface area contributed by atoms with Crippen LogP contribution in [0.25, 0.3) is 32.9 Å². The van der Waals surface area contributed by atoms with Crippen molar-refractivity contribution < 1.29 is 37.7 Å². The summed E-state index contributed by atoms with van der Waals surface area (Å²) in [4.78, 5) is 39.7. The zero-order valence-corrected chi connectivity index (χ0v) is 28.2. The fraction of sp³-hybridized carbons (Fsp3) is 0.289. The van der Waals surface area contributed by atoms with Crippen LogP contribution in [0, 0.1) is 29.9 Å². The van der Waals surface area contributed by atoms with Gasteiger partial charge in [-0.3, -0.25) is 9.78 Å². The predicted octanol–water partition coefficient (Wildman–Crippen LogP) is 6.67. The third-order valence-electron chi connectivity index (χ3n) is 8.54. The first kappa shape index (κ1) is 34.8. The quantitative estimate of drug-likeness (QED) is 0.0978. The molecule has 1 aliphatic heterocycles. The molecule has 5 aromatic rings. The van der Waals surface area contributed by atoms with Crippen LogP contribution in [0.2, 0.25) is 0 Å². The summed E-state index contributed by atoms with van der Waals surface area (Å²) in [6.45, 7) is 4.77. The van der Waals surface area contributed by atoms with Gasteiger partial charge in [0, 0.05) is 36.7 Å². The highest BCUT2D eigenvalue weighted by Gasteiger charge is 2.30. The van der Waals surface area contributed by atoms with Crippen molar-refractivity contribution >= 4 is 39.6 Å². The minimum absolute atomic E-state index is 0.00594. The molecule has 0 saturated carbocycles. The zero-order valence-electron chi connectivity index (χ0n) is 28.2. The molecule has 0 aliphatic carbocycles. The van der Waals surface area contributed by atoms with Crippen molar-refractivity contribution in [2.24, 2.45) is 5.92 Å². The van der Waals surface area contributed by atoms with Gasteiger partial charge in [0.1, 0.15) is 41.0 Å². The summed E-state index contributed by atoms with van der Waals surface area (Å²) >= 11 is 0. The number of aromatic nitrogens is 3. The van der Waals surface area contributed by atoms with Gasteiger partial charge in [-0.1, -0.05) is 38.0 Å². The Morgan fingerprint density at radius 3 is 2.63 bits per heavy atom. The number of piperidine rings is 1. The van der Waals surface area contributed by atoms with E-state index in [2.05, 4.69) is 26.2 Å². The van der Waals surface area contributed by atoms with Crippen LogP contribution in [-0.2, 0) is 16.1 Å². The number of terminal acetylenes is 1. The van der Waals surface area contributed by atoms with Crippen LogP contribution in [0.4, 0.5) is 19.4 Å². The molecule has 1 aliphatic rings. The van der Waals surface area contributed by atoms with Crippen molar-refractivity contribution in [3.05, 3.63) is 77.5 Å². The number of nitrogens with one attached hydrogen (secondary N) is 1. The molecular weight excluding hydrogens is 660 g/mol. The number of nitrogens with zero attached hydrogens (tertiary/aromatic N) is 4. The lowest BCUT2D eigenvalue weighted by Crippen LogP contribution is -2.50. The second kappa shape index (κ2) is 14.8. The first-order valence-electron chi connectivity index (χ1n) is 16.4. The second-order valence-corrected chi connectivity index (χ2v) is 12.4. The number of esters is 1. The number of benzene rings is 3. The van der Waals surface area contributed by atoms with Gasteiger partial charge in [-0.05, 0) is 60.0 Å². The van der Waals surface area contributed by atoms with Crippen molar-refractivity contribution in [1.82, 2.24) is 20.3 Å². The fourth-order valence-electron chi connectivity index (χ4n) is 6.32. The highest BCUT2D eigenvalue weighted by Crippen LogP contribution is 2.39. The van der Waals surface area contributed by atoms with Crippen molar-refractivity contribution in [3.63, 3.8) is 0 Å². The number of alkyl carbamates (subject to hydrolysis) is 1. The highest BCUT2D eigenvalue weighted by molar-refractivity contribution is 6.03. The molecule has 1 saturated heterocycles. The van der Waals surface area contributed by atoms with Gasteiger partial charge in [-0.25, -0.2) is 13.6 Å². The Hall–Kier alpha value is -6.03. The van der Waals surface area contributed by atoms with E-state index in [9.17, 15) is 19.1 Å². The van der Waals surface area contributed by atoms with Crippen LogP contribution in [0.3, 0.4) is 0 Å². The minimum atomic E-state index is -0.843. The number of phenolic OH excluding ortho intramolecular Hbond substituents is 1. The number of carbonyl (C=O) groups excluding carboxylic acids is 2. The summed E-state index contributed by atoms with van der Waals surface area (Å²) < 4.78 is 47.4. The van der Waals surface area contributed by atoms with Gasteiger partial charge in [0.05, 0.1) is 24.1 Å². The largest absolute Gasteiger partial charge is 0.508 e. The number of methoxy groups -OCH3 is 1. The minimum Gasteiger partial charge on any atom is -0.508 e. The topological polar surface area (TPSA) is 136 Å². The lowest BCUT2D eigenvalue weighted by molar-refractivity contribution is -0.134. The number of hydrogen-bond acceptors (Lipinski definition) is 10. The average Bonchev–Trinajstić information content (AvgIpc) is 3.11. The summed E-state index contributed by atoms with van der Waals surface area (Å²) in [6, 6.07) is 11.6. The SMILES string of the molecule is C#Cc1c(F)ccc2cc(O)cc(-c3ncc4c(N5CC(C)CC(NC(=O)OCc6ccc(OC(=O)CCC)cc6)C5)nc(OC)nc4c3F)c12. The maximum absolute atomic E-state index is 16.5. The van der Waals surface area contributed by atoms with Crippen LogP contribution in [0.15, 0.2) is 54.7 Å². The Bertz CT molecular complexity index is 2170. The van der Waals surface area contributed by atoms with Crippen LogP contribution in [0.1, 0.15) is 44.2 Å². The highest BCUT2D eigenvalue weighted by atomic mass is 19.1. The van der Waals surface area contributed by atoms with Crippen LogP contribution in [0.5, 0.6) is 17.5 Å². The van der Waals surface area contributed by atoms with Gasteiger partial charge in [0.25, 0.3) is 0 Å². The number of phenols is 1. The summed E-state index contributed by atoms with van der Waals surface area (Å²) in [5, 5.41) is 14.3. The molecular formula is C38H35F2N5O6. The van der Waals surface area contributed by atoms with Gasteiger partial charge in [0.2, 0.25) is 0 Å². The molecule has 51 heavy (non-hydrogen) atoms. The predicted molar refractivity (Wildman–Crippen MR) is 186 cm³/mol. The first-order chi connectivity index (χ1) is 24.6. The van der Waals surface area contributed by atoms with Gasteiger partial charge in [-0.15, -0.1) is 6.42 Å². The maximum Gasteiger partial charge on any atom is 0.407 e. The molecule has 1 amide bonds. The summed E-state index contributed by atoms with van der Waals surface area (Å²) in [7, 11) is 1.36. The standard InChI is InChI=1S/C38H35F2N5O6/c1-5-7-31(47)51-26-11-8-22(9-12-26)20-50-38(48)42-24-14-21(3)18-45(19-24)36-29-17-41-34(33(40)35(29)43-37(44-36)49-4)28-16-25(46)15-23-10-13-30(39)27(6-2)32(23)28/h2,8-13,15-17,21,24,46H,5,7,14,18-20H2,1,3-4H3,(H,42,48). The van der Waals surface area contributed by atoms with Crippen molar-refractivity contribution in [1.29, 1.82) is 0 Å². The molecule has 3 aromatic carbocycles. The van der Waals surface area contributed by atoms with E-state index in [1.807, 2.05) is 18.7 Å². The fourth-order valence-corrected chi connectivity index (χ4v) is 6.32. The number of aromatic hydroxyl groups is 1. The van der Waals surface area contributed by atoms with Crippen LogP contribution >= 0.6 is 0 Å². The average molecular weight is 696 g/mol. The number of rotatable bonds is 9. The molecule has 3 heterocycles. The van der Waals surface area contributed by atoms with E-state index in [1.165, 1.54) is 37.6 Å². The van der Waals surface area contributed by atoms with Gasteiger partial charge in [-0.2, -0.15) is 9.97 Å². The third-order valence-corrected chi connectivity index (χ3v) is 8.54.